The van der Waals surface area contributed by atoms with Gasteiger partial charge in [0.1, 0.15) is 5.82 Å². The molecule has 24 heavy (non-hydrogen) atoms. The second kappa shape index (κ2) is 7.22. The first kappa shape index (κ1) is 16.1. The summed E-state index contributed by atoms with van der Waals surface area (Å²) in [5.41, 5.74) is 1.66. The highest BCUT2D eigenvalue weighted by Gasteiger charge is 2.45. The number of carbonyl (C=O) groups excluding carboxylic acids is 1. The van der Waals surface area contributed by atoms with E-state index in [1.54, 1.807) is 17.2 Å². The lowest BCUT2D eigenvalue weighted by Gasteiger charge is -2.21. The fourth-order valence-electron chi connectivity index (χ4n) is 2.95. The molecule has 0 spiro atoms. The minimum atomic E-state index is -0.277. The van der Waals surface area contributed by atoms with Crippen LogP contribution in [-0.4, -0.2) is 22.3 Å². The lowest BCUT2D eigenvalue weighted by molar-refractivity contribution is -0.133. The summed E-state index contributed by atoms with van der Waals surface area (Å²) >= 11 is 0. The average molecular weight is 323 g/mol. The second-order valence-corrected chi connectivity index (χ2v) is 5.99. The van der Waals surface area contributed by atoms with E-state index in [0.717, 1.165) is 17.7 Å². The van der Waals surface area contributed by atoms with Crippen LogP contribution in [0.4, 0.5) is 4.39 Å². The summed E-state index contributed by atoms with van der Waals surface area (Å²) in [6.45, 7) is 0.784. The minimum Gasteiger partial charge on any atom is -0.336 e. The number of carbonyl (C=O) groups is 1. The standard InChI is InChI=1S/C19H18FN3O/c20-15-6-3-5-14(11-15)17-12-18(17)19(24)23(10-4-8-21)13-16-7-1-2-9-22-16/h1-3,5-7,9,11,17-18H,4,10,12-13H2/t17-,18-/m1/s1. The molecule has 3 rings (SSSR count). The molecule has 122 valence electrons. The van der Waals surface area contributed by atoms with Crippen LogP contribution in [0, 0.1) is 23.1 Å². The Morgan fingerprint density at radius 3 is 2.92 bits per heavy atom. The third-order valence-corrected chi connectivity index (χ3v) is 4.27. The smallest absolute Gasteiger partial charge is 0.226 e. The number of hydrogen-bond acceptors (Lipinski definition) is 3. The van der Waals surface area contributed by atoms with Gasteiger partial charge in [0, 0.05) is 18.7 Å². The van der Waals surface area contributed by atoms with E-state index in [1.807, 2.05) is 24.3 Å². The van der Waals surface area contributed by atoms with Crippen molar-refractivity contribution in [1.82, 2.24) is 9.88 Å². The van der Waals surface area contributed by atoms with Gasteiger partial charge in [-0.25, -0.2) is 4.39 Å². The van der Waals surface area contributed by atoms with Crippen molar-refractivity contribution < 1.29 is 9.18 Å². The molecule has 5 heteroatoms. The van der Waals surface area contributed by atoms with Gasteiger partial charge in [-0.3, -0.25) is 9.78 Å². The average Bonchev–Trinajstić information content (AvgIpc) is 3.39. The molecule has 2 aromatic rings. The Morgan fingerprint density at radius 2 is 2.21 bits per heavy atom. The zero-order valence-electron chi connectivity index (χ0n) is 13.2. The zero-order valence-corrected chi connectivity index (χ0v) is 13.2. The van der Waals surface area contributed by atoms with E-state index in [0.29, 0.717) is 13.1 Å². The number of benzene rings is 1. The Balaban J connectivity index is 1.69. The van der Waals surface area contributed by atoms with Crippen molar-refractivity contribution in [2.45, 2.75) is 25.3 Å². The SMILES string of the molecule is N#CCCN(Cc1ccccn1)C(=O)[C@@H]1C[C@@H]1c1cccc(F)c1. The quantitative estimate of drug-likeness (QED) is 0.820. The predicted octanol–water partition coefficient (Wildman–Crippen LogP) is 3.27. The molecule has 0 saturated heterocycles. The van der Waals surface area contributed by atoms with Crippen LogP contribution in [0.3, 0.4) is 0 Å². The third kappa shape index (κ3) is 3.77. The van der Waals surface area contributed by atoms with Crippen molar-refractivity contribution in [3.63, 3.8) is 0 Å². The molecule has 1 aliphatic carbocycles. The lowest BCUT2D eigenvalue weighted by Crippen LogP contribution is -2.33. The van der Waals surface area contributed by atoms with Crippen molar-refractivity contribution in [1.29, 1.82) is 5.26 Å². The van der Waals surface area contributed by atoms with Crippen LogP contribution in [0.25, 0.3) is 0 Å². The first-order chi connectivity index (χ1) is 11.7. The number of nitriles is 1. The van der Waals surface area contributed by atoms with E-state index in [-0.39, 0.29) is 30.0 Å². The normalized spacial score (nSPS) is 18.7. The second-order valence-electron chi connectivity index (χ2n) is 5.99. The number of nitrogens with zero attached hydrogens (tertiary/aromatic N) is 3. The number of amides is 1. The Labute approximate surface area is 140 Å². The third-order valence-electron chi connectivity index (χ3n) is 4.27. The summed E-state index contributed by atoms with van der Waals surface area (Å²) in [4.78, 5) is 18.7. The molecule has 1 heterocycles. The predicted molar refractivity (Wildman–Crippen MR) is 87.1 cm³/mol. The monoisotopic (exact) mass is 323 g/mol. The topological polar surface area (TPSA) is 57.0 Å². The van der Waals surface area contributed by atoms with Crippen LogP contribution in [0.15, 0.2) is 48.7 Å². The Kier molecular flexibility index (Phi) is 4.85. The van der Waals surface area contributed by atoms with Gasteiger partial charge >= 0.3 is 0 Å². The molecule has 2 atom stereocenters. The molecule has 1 amide bonds. The number of pyridine rings is 1. The fraction of sp³-hybridized carbons (Fsp3) is 0.316. The van der Waals surface area contributed by atoms with Gasteiger partial charge in [-0.05, 0) is 42.2 Å². The van der Waals surface area contributed by atoms with Crippen LogP contribution < -0.4 is 0 Å². The summed E-state index contributed by atoms with van der Waals surface area (Å²) in [5, 5.41) is 8.83. The molecule has 0 unspecified atom stereocenters. The highest BCUT2D eigenvalue weighted by Crippen LogP contribution is 2.48. The van der Waals surface area contributed by atoms with Crippen LogP contribution in [0.1, 0.15) is 30.0 Å². The van der Waals surface area contributed by atoms with Gasteiger partial charge in [0.15, 0.2) is 0 Å². The van der Waals surface area contributed by atoms with Crippen molar-refractivity contribution in [2.75, 3.05) is 6.54 Å². The number of rotatable bonds is 6. The van der Waals surface area contributed by atoms with Gasteiger partial charge in [-0.2, -0.15) is 5.26 Å². The van der Waals surface area contributed by atoms with E-state index < -0.39 is 0 Å². The number of aromatic nitrogens is 1. The van der Waals surface area contributed by atoms with Crippen molar-refractivity contribution in [3.8, 4) is 6.07 Å². The summed E-state index contributed by atoms with van der Waals surface area (Å²) in [5.74, 6) is -0.318. The van der Waals surface area contributed by atoms with Gasteiger partial charge in [0.2, 0.25) is 5.91 Å². The fourth-order valence-corrected chi connectivity index (χ4v) is 2.95. The van der Waals surface area contributed by atoms with Crippen molar-refractivity contribution >= 4 is 5.91 Å². The first-order valence-corrected chi connectivity index (χ1v) is 8.00. The molecule has 4 nitrogen and oxygen atoms in total. The zero-order chi connectivity index (χ0) is 16.9. The van der Waals surface area contributed by atoms with E-state index >= 15 is 0 Å². The minimum absolute atomic E-state index is 0.0187. The molecule has 0 bridgehead atoms. The van der Waals surface area contributed by atoms with Crippen LogP contribution >= 0.6 is 0 Å². The molecular formula is C19H18FN3O. The molecule has 1 aliphatic rings. The van der Waals surface area contributed by atoms with Gasteiger partial charge < -0.3 is 4.90 Å². The largest absolute Gasteiger partial charge is 0.336 e. The first-order valence-electron chi connectivity index (χ1n) is 8.00. The Hall–Kier alpha value is -2.74. The van der Waals surface area contributed by atoms with Crippen LogP contribution in [-0.2, 0) is 11.3 Å². The molecular weight excluding hydrogens is 305 g/mol. The van der Waals surface area contributed by atoms with Crippen molar-refractivity contribution in [3.05, 3.63) is 65.7 Å². The van der Waals surface area contributed by atoms with Crippen LogP contribution in [0.5, 0.6) is 0 Å². The summed E-state index contributed by atoms with van der Waals surface area (Å²) in [7, 11) is 0. The summed E-state index contributed by atoms with van der Waals surface area (Å²) in [6, 6.07) is 14.1. The van der Waals surface area contributed by atoms with E-state index in [9.17, 15) is 9.18 Å². The number of hydrogen-bond donors (Lipinski definition) is 0. The molecule has 0 N–H and O–H groups in total. The highest BCUT2D eigenvalue weighted by molar-refractivity contribution is 5.83. The summed E-state index contributed by atoms with van der Waals surface area (Å²) in [6.07, 6.45) is 2.71. The van der Waals surface area contributed by atoms with Gasteiger partial charge in [-0.1, -0.05) is 18.2 Å². The lowest BCUT2D eigenvalue weighted by atomic mass is 10.1. The van der Waals surface area contributed by atoms with E-state index in [2.05, 4.69) is 11.1 Å². The van der Waals surface area contributed by atoms with E-state index in [1.165, 1.54) is 12.1 Å². The van der Waals surface area contributed by atoms with E-state index in [4.69, 9.17) is 5.26 Å². The van der Waals surface area contributed by atoms with Gasteiger partial charge in [0.25, 0.3) is 0 Å². The highest BCUT2D eigenvalue weighted by atomic mass is 19.1. The maximum atomic E-state index is 13.4. The molecule has 1 aromatic heterocycles. The molecule has 0 aliphatic heterocycles. The molecule has 1 aromatic carbocycles. The van der Waals surface area contributed by atoms with Gasteiger partial charge in [0.05, 0.1) is 24.7 Å². The Bertz CT molecular complexity index is 757. The van der Waals surface area contributed by atoms with Gasteiger partial charge in [-0.15, -0.1) is 0 Å². The van der Waals surface area contributed by atoms with Crippen LogP contribution in [0.2, 0.25) is 0 Å². The Morgan fingerprint density at radius 1 is 1.33 bits per heavy atom. The van der Waals surface area contributed by atoms with Crippen molar-refractivity contribution in [2.24, 2.45) is 5.92 Å². The summed E-state index contributed by atoms with van der Waals surface area (Å²) < 4.78 is 13.4. The maximum absolute atomic E-state index is 13.4. The number of halogens is 1. The molecule has 1 fully saturated rings. The molecule has 0 radical (unpaired) electrons. The molecule has 1 saturated carbocycles. The maximum Gasteiger partial charge on any atom is 0.226 e.